The number of rotatable bonds is 8. The van der Waals surface area contributed by atoms with Gasteiger partial charge in [0.15, 0.2) is 0 Å². The van der Waals surface area contributed by atoms with Crippen LogP contribution in [-0.4, -0.2) is 35.1 Å². The third kappa shape index (κ3) is 4.65. The van der Waals surface area contributed by atoms with Gasteiger partial charge in [0.1, 0.15) is 17.2 Å². The van der Waals surface area contributed by atoms with Gasteiger partial charge in [0.05, 0.1) is 13.7 Å². The highest BCUT2D eigenvalue weighted by atomic mass is 16.5. The molecule has 4 rings (SSSR count). The number of H-pyrrole nitrogens is 1. The third-order valence-electron chi connectivity index (χ3n) is 6.49. The fraction of sp³-hybridized carbons (Fsp3) is 0.276. The lowest BCUT2D eigenvalue weighted by atomic mass is 9.93. The topological polar surface area (TPSA) is 50.4 Å². The molecule has 0 spiro atoms. The van der Waals surface area contributed by atoms with E-state index in [1.54, 1.807) is 13.3 Å². The minimum Gasteiger partial charge on any atom is -0.497 e. The summed E-state index contributed by atoms with van der Waals surface area (Å²) in [5, 5.41) is 1.09. The molecule has 0 atom stereocenters. The van der Waals surface area contributed by atoms with E-state index in [1.165, 1.54) is 11.1 Å². The highest BCUT2D eigenvalue weighted by Crippen LogP contribution is 2.33. The summed E-state index contributed by atoms with van der Waals surface area (Å²) in [6, 6.07) is 10.4. The number of pyridine rings is 1. The molecule has 176 valence electrons. The number of allylic oxidation sites excluding steroid dienone is 3. The normalized spacial score (nSPS) is 14.5. The summed E-state index contributed by atoms with van der Waals surface area (Å²) in [7, 11) is 1.71. The standard InChI is InChI=1S/C29H33N3O2/c1-7-34-22(5)28(20(3)19(2)15-24-17-31-29-27(24)9-8-13-30-29)21(4)32-14-12-23-10-11-26(33-6)16-25(23)18-32/h8-11,13,15-17H,3,5,7,12,14,18H2,1-2,4,6H3,(H,30,31)/b19-15+,28-21-. The molecule has 0 unspecified atom stereocenters. The number of nitrogens with zero attached hydrogens (tertiary/aromatic N) is 2. The molecular weight excluding hydrogens is 422 g/mol. The van der Waals surface area contributed by atoms with E-state index in [9.17, 15) is 0 Å². The fourth-order valence-electron chi connectivity index (χ4n) is 4.55. The molecule has 0 bridgehead atoms. The van der Waals surface area contributed by atoms with Gasteiger partial charge in [-0.3, -0.25) is 0 Å². The van der Waals surface area contributed by atoms with Crippen molar-refractivity contribution in [1.82, 2.24) is 14.9 Å². The van der Waals surface area contributed by atoms with Crippen LogP contribution < -0.4 is 4.74 Å². The van der Waals surface area contributed by atoms with Crippen LogP contribution in [0.1, 0.15) is 37.5 Å². The molecule has 3 aromatic rings. The Hall–Kier alpha value is -3.73. The third-order valence-corrected chi connectivity index (χ3v) is 6.49. The van der Waals surface area contributed by atoms with Gasteiger partial charge in [-0.2, -0.15) is 0 Å². The van der Waals surface area contributed by atoms with Crippen LogP contribution in [0.4, 0.5) is 0 Å². The number of aromatic nitrogens is 2. The maximum atomic E-state index is 5.90. The number of benzene rings is 1. The molecule has 0 fully saturated rings. The monoisotopic (exact) mass is 455 g/mol. The van der Waals surface area contributed by atoms with Gasteiger partial charge in [-0.15, -0.1) is 0 Å². The molecule has 5 heteroatoms. The van der Waals surface area contributed by atoms with E-state index in [-0.39, 0.29) is 0 Å². The molecule has 34 heavy (non-hydrogen) atoms. The number of methoxy groups -OCH3 is 1. The summed E-state index contributed by atoms with van der Waals surface area (Å²) >= 11 is 0. The van der Waals surface area contributed by atoms with E-state index >= 15 is 0 Å². The van der Waals surface area contributed by atoms with Gasteiger partial charge in [0.2, 0.25) is 0 Å². The van der Waals surface area contributed by atoms with Crippen LogP contribution in [0.5, 0.6) is 5.75 Å². The Kier molecular flexibility index (Phi) is 6.92. The van der Waals surface area contributed by atoms with E-state index < -0.39 is 0 Å². The van der Waals surface area contributed by atoms with Crippen molar-refractivity contribution in [2.75, 3.05) is 20.3 Å². The molecule has 2 aromatic heterocycles. The number of nitrogens with one attached hydrogen (secondary N) is 1. The summed E-state index contributed by atoms with van der Waals surface area (Å²) in [4.78, 5) is 10.0. The van der Waals surface area contributed by atoms with Crippen LogP contribution in [0, 0.1) is 0 Å². The Morgan fingerprint density at radius 1 is 1.21 bits per heavy atom. The zero-order valence-corrected chi connectivity index (χ0v) is 20.6. The van der Waals surface area contributed by atoms with Gasteiger partial charge >= 0.3 is 0 Å². The predicted molar refractivity (Wildman–Crippen MR) is 139 cm³/mol. The first-order valence-corrected chi connectivity index (χ1v) is 11.7. The second kappa shape index (κ2) is 10.0. The summed E-state index contributed by atoms with van der Waals surface area (Å²) < 4.78 is 11.3. The molecule has 1 N–H and O–H groups in total. The van der Waals surface area contributed by atoms with Gasteiger partial charge in [0.25, 0.3) is 0 Å². The second-order valence-corrected chi connectivity index (χ2v) is 8.57. The number of ether oxygens (including phenoxy) is 2. The largest absolute Gasteiger partial charge is 0.497 e. The molecule has 0 saturated carbocycles. The van der Waals surface area contributed by atoms with Crippen molar-refractivity contribution < 1.29 is 9.47 Å². The number of hydrogen-bond acceptors (Lipinski definition) is 4. The van der Waals surface area contributed by atoms with Gasteiger partial charge < -0.3 is 19.4 Å². The van der Waals surface area contributed by atoms with E-state index in [0.717, 1.165) is 64.3 Å². The lowest BCUT2D eigenvalue weighted by Crippen LogP contribution is -2.30. The smallest absolute Gasteiger partial charge is 0.137 e. The van der Waals surface area contributed by atoms with Crippen molar-refractivity contribution in [2.24, 2.45) is 0 Å². The molecule has 0 radical (unpaired) electrons. The first-order chi connectivity index (χ1) is 16.4. The van der Waals surface area contributed by atoms with Gasteiger partial charge in [-0.05, 0) is 79.8 Å². The molecule has 0 saturated heterocycles. The maximum absolute atomic E-state index is 5.90. The molecular formula is C29H33N3O2. The molecule has 5 nitrogen and oxygen atoms in total. The quantitative estimate of drug-likeness (QED) is 0.315. The van der Waals surface area contributed by atoms with E-state index in [1.807, 2.05) is 25.3 Å². The molecule has 1 aliphatic rings. The van der Waals surface area contributed by atoms with Crippen LogP contribution in [-0.2, 0) is 17.7 Å². The van der Waals surface area contributed by atoms with Crippen molar-refractivity contribution >= 4 is 17.1 Å². The minimum atomic E-state index is 0.555. The number of fused-ring (bicyclic) bond motifs is 2. The van der Waals surface area contributed by atoms with Crippen molar-refractivity contribution in [3.8, 4) is 5.75 Å². The van der Waals surface area contributed by atoms with Crippen molar-refractivity contribution in [1.29, 1.82) is 0 Å². The van der Waals surface area contributed by atoms with Gasteiger partial charge in [-0.1, -0.05) is 19.2 Å². The first kappa shape index (κ1) is 23.4. The highest BCUT2D eigenvalue weighted by molar-refractivity contribution is 5.87. The lowest BCUT2D eigenvalue weighted by Gasteiger charge is -2.33. The van der Waals surface area contributed by atoms with Crippen molar-refractivity contribution in [3.05, 3.63) is 101 Å². The Balaban J connectivity index is 1.69. The van der Waals surface area contributed by atoms with Crippen LogP contribution in [0.3, 0.4) is 0 Å². The SMILES string of the molecule is C=C(OCC)/C(C(=C)/C(C)=C/c1c[nH]c2ncccc12)=C(/C)N1CCc2ccc(OC)cc2C1. The van der Waals surface area contributed by atoms with Crippen LogP contribution in [0.2, 0.25) is 0 Å². The summed E-state index contributed by atoms with van der Waals surface area (Å²) in [5.74, 6) is 1.53. The first-order valence-electron chi connectivity index (χ1n) is 11.7. The molecule has 0 aliphatic carbocycles. The lowest BCUT2D eigenvalue weighted by molar-refractivity contribution is 0.236. The minimum absolute atomic E-state index is 0.555. The van der Waals surface area contributed by atoms with Gasteiger partial charge in [-0.25, -0.2) is 4.98 Å². The molecule has 1 aliphatic heterocycles. The Morgan fingerprint density at radius 2 is 2.03 bits per heavy atom. The zero-order chi connectivity index (χ0) is 24.2. The fourth-order valence-corrected chi connectivity index (χ4v) is 4.55. The van der Waals surface area contributed by atoms with E-state index in [2.05, 4.69) is 66.1 Å². The maximum Gasteiger partial charge on any atom is 0.137 e. The number of hydrogen-bond donors (Lipinski definition) is 1. The highest BCUT2D eigenvalue weighted by Gasteiger charge is 2.22. The second-order valence-electron chi connectivity index (χ2n) is 8.57. The molecule has 0 amide bonds. The predicted octanol–water partition coefficient (Wildman–Crippen LogP) is 6.41. The average molecular weight is 456 g/mol. The average Bonchev–Trinajstić information content (AvgIpc) is 3.26. The Morgan fingerprint density at radius 3 is 2.79 bits per heavy atom. The Labute approximate surface area is 202 Å². The van der Waals surface area contributed by atoms with E-state index in [4.69, 9.17) is 9.47 Å². The van der Waals surface area contributed by atoms with Crippen molar-refractivity contribution in [3.63, 3.8) is 0 Å². The van der Waals surface area contributed by atoms with Crippen LogP contribution >= 0.6 is 0 Å². The number of aromatic amines is 1. The van der Waals surface area contributed by atoms with Crippen LogP contribution in [0.25, 0.3) is 17.1 Å². The van der Waals surface area contributed by atoms with Crippen LogP contribution in [0.15, 0.2) is 84.1 Å². The summed E-state index contributed by atoms with van der Waals surface area (Å²) in [6.45, 7) is 17.2. The van der Waals surface area contributed by atoms with Crippen molar-refractivity contribution in [2.45, 2.75) is 33.7 Å². The summed E-state index contributed by atoms with van der Waals surface area (Å²) in [5.41, 5.74) is 8.66. The Bertz CT molecular complexity index is 1300. The van der Waals surface area contributed by atoms with E-state index in [0.29, 0.717) is 12.4 Å². The van der Waals surface area contributed by atoms with Gasteiger partial charge in [0, 0.05) is 47.7 Å². The zero-order valence-electron chi connectivity index (χ0n) is 20.6. The summed E-state index contributed by atoms with van der Waals surface area (Å²) in [6.07, 6.45) is 6.90. The molecule has 3 heterocycles. The molecule has 1 aromatic carbocycles.